The van der Waals surface area contributed by atoms with Crippen molar-refractivity contribution in [3.05, 3.63) is 21.9 Å². The summed E-state index contributed by atoms with van der Waals surface area (Å²) in [7, 11) is 1.72. The Balaban J connectivity index is 2.00. The van der Waals surface area contributed by atoms with Gasteiger partial charge >= 0.3 is 0 Å². The van der Waals surface area contributed by atoms with Crippen molar-refractivity contribution in [2.45, 2.75) is 38.8 Å². The highest BCUT2D eigenvalue weighted by atomic mass is 32.1. The van der Waals surface area contributed by atoms with Gasteiger partial charge in [0.2, 0.25) is 11.8 Å². The molecule has 6 heteroatoms. The lowest BCUT2D eigenvalue weighted by Gasteiger charge is -2.30. The molecule has 2 N–H and O–H groups in total. The van der Waals surface area contributed by atoms with Gasteiger partial charge in [-0.3, -0.25) is 9.59 Å². The van der Waals surface area contributed by atoms with E-state index in [1.807, 2.05) is 11.8 Å². The van der Waals surface area contributed by atoms with Gasteiger partial charge in [-0.2, -0.15) is 0 Å². The molecule has 1 aromatic heterocycles. The van der Waals surface area contributed by atoms with Crippen molar-refractivity contribution in [1.82, 2.24) is 15.5 Å². The summed E-state index contributed by atoms with van der Waals surface area (Å²) in [6.45, 7) is 3.67. The second-order valence-corrected chi connectivity index (χ2v) is 6.32. The molecule has 0 fully saturated rings. The van der Waals surface area contributed by atoms with E-state index in [1.165, 1.54) is 10.4 Å². The van der Waals surface area contributed by atoms with Crippen LogP contribution in [-0.4, -0.2) is 42.9 Å². The number of likely N-dealkylation sites (N-methyl/N-ethyl adjacent to an activating group) is 1. The smallest absolute Gasteiger partial charge is 0.245 e. The van der Waals surface area contributed by atoms with E-state index in [2.05, 4.69) is 22.1 Å². The van der Waals surface area contributed by atoms with Crippen LogP contribution in [0.1, 0.15) is 30.2 Å². The van der Waals surface area contributed by atoms with Crippen LogP contribution in [0.25, 0.3) is 0 Å². The summed E-state index contributed by atoms with van der Waals surface area (Å²) in [6.07, 6.45) is 2.47. The Morgan fingerprint density at radius 1 is 1.48 bits per heavy atom. The second-order valence-electron chi connectivity index (χ2n) is 5.32. The lowest BCUT2D eigenvalue weighted by Crippen LogP contribution is -2.51. The molecule has 5 nitrogen and oxygen atoms in total. The number of nitrogens with one attached hydrogen (secondary N) is 2. The molecule has 1 atom stereocenters. The van der Waals surface area contributed by atoms with Gasteiger partial charge in [0.25, 0.3) is 0 Å². The van der Waals surface area contributed by atoms with Crippen LogP contribution in [-0.2, 0) is 22.6 Å². The number of carbonyl (C=O) groups is 2. The van der Waals surface area contributed by atoms with Crippen LogP contribution in [0.15, 0.2) is 11.4 Å². The van der Waals surface area contributed by atoms with E-state index in [0.29, 0.717) is 13.0 Å². The molecule has 2 amide bonds. The number of fused-ring (bicyclic) bond motifs is 1. The fourth-order valence-corrected chi connectivity index (χ4v) is 3.50. The van der Waals surface area contributed by atoms with Crippen LogP contribution in [0.4, 0.5) is 0 Å². The molecule has 2 heterocycles. The zero-order chi connectivity index (χ0) is 15.2. The summed E-state index contributed by atoms with van der Waals surface area (Å²) < 4.78 is 0. The van der Waals surface area contributed by atoms with Crippen molar-refractivity contribution in [3.63, 3.8) is 0 Å². The molecular weight excluding hydrogens is 286 g/mol. The Kier molecular flexibility index (Phi) is 5.76. The molecular formula is C15H23N3O2S. The molecule has 21 heavy (non-hydrogen) atoms. The summed E-state index contributed by atoms with van der Waals surface area (Å²) in [4.78, 5) is 27.6. The minimum Gasteiger partial charge on any atom is -0.343 e. The van der Waals surface area contributed by atoms with Crippen molar-refractivity contribution in [1.29, 1.82) is 0 Å². The highest BCUT2D eigenvalue weighted by Gasteiger charge is 2.28. The first-order valence-corrected chi connectivity index (χ1v) is 8.31. The predicted molar refractivity (Wildman–Crippen MR) is 84.2 cm³/mol. The monoisotopic (exact) mass is 309 g/mol. The van der Waals surface area contributed by atoms with Gasteiger partial charge in [-0.15, -0.1) is 11.3 Å². The molecule has 0 saturated heterocycles. The van der Waals surface area contributed by atoms with Crippen molar-refractivity contribution < 1.29 is 9.59 Å². The van der Waals surface area contributed by atoms with E-state index in [4.69, 9.17) is 0 Å². The van der Waals surface area contributed by atoms with E-state index >= 15 is 0 Å². The van der Waals surface area contributed by atoms with Gasteiger partial charge in [0.05, 0.1) is 6.54 Å². The Morgan fingerprint density at radius 2 is 2.29 bits per heavy atom. The van der Waals surface area contributed by atoms with E-state index in [0.717, 1.165) is 19.4 Å². The van der Waals surface area contributed by atoms with Crippen LogP contribution >= 0.6 is 11.3 Å². The van der Waals surface area contributed by atoms with Crippen molar-refractivity contribution in [3.8, 4) is 0 Å². The normalized spacial score (nSPS) is 15.4. The van der Waals surface area contributed by atoms with Crippen LogP contribution < -0.4 is 10.6 Å². The Hall–Kier alpha value is -1.40. The fourth-order valence-electron chi connectivity index (χ4n) is 2.61. The van der Waals surface area contributed by atoms with E-state index < -0.39 is 6.04 Å². The van der Waals surface area contributed by atoms with E-state index in [9.17, 15) is 9.59 Å². The molecule has 0 bridgehead atoms. The van der Waals surface area contributed by atoms with Gasteiger partial charge in [-0.1, -0.05) is 13.3 Å². The summed E-state index contributed by atoms with van der Waals surface area (Å²) in [5.74, 6) is -0.0873. The number of hydrogen-bond donors (Lipinski definition) is 2. The lowest BCUT2D eigenvalue weighted by atomic mass is 10.1. The lowest BCUT2D eigenvalue weighted by molar-refractivity contribution is -0.137. The first kappa shape index (κ1) is 16.0. The van der Waals surface area contributed by atoms with Gasteiger partial charge in [0.15, 0.2) is 0 Å². The van der Waals surface area contributed by atoms with E-state index in [-0.39, 0.29) is 18.4 Å². The molecule has 2 rings (SSSR count). The minimum atomic E-state index is -0.406. The van der Waals surface area contributed by atoms with Crippen molar-refractivity contribution in [2.75, 3.05) is 20.1 Å². The molecule has 116 valence electrons. The largest absolute Gasteiger partial charge is 0.343 e. The van der Waals surface area contributed by atoms with Crippen LogP contribution in [0, 0.1) is 0 Å². The Bertz CT molecular complexity index is 501. The average Bonchev–Trinajstić information content (AvgIpc) is 2.93. The highest BCUT2D eigenvalue weighted by molar-refractivity contribution is 7.10. The fraction of sp³-hybridized carbons (Fsp3) is 0.600. The zero-order valence-electron chi connectivity index (χ0n) is 12.6. The van der Waals surface area contributed by atoms with Crippen LogP contribution in [0.2, 0.25) is 0 Å². The zero-order valence-corrected chi connectivity index (χ0v) is 13.5. The predicted octanol–water partition coefficient (Wildman–Crippen LogP) is 1.14. The number of thiophene rings is 1. The molecule has 0 spiro atoms. The first-order valence-electron chi connectivity index (χ1n) is 7.43. The number of amides is 2. The second kappa shape index (κ2) is 7.56. The van der Waals surface area contributed by atoms with Crippen LogP contribution in [0.5, 0.6) is 0 Å². The van der Waals surface area contributed by atoms with Gasteiger partial charge in [-0.05, 0) is 36.9 Å². The molecule has 1 unspecified atom stereocenters. The SMILES string of the molecule is CCCC(NC(=O)CNC)C(=O)N1CCc2sccc2C1. The van der Waals surface area contributed by atoms with E-state index in [1.54, 1.807) is 18.4 Å². The summed E-state index contributed by atoms with van der Waals surface area (Å²) in [5, 5.41) is 7.73. The molecule has 0 aromatic carbocycles. The molecule has 0 saturated carbocycles. The molecule has 1 aliphatic heterocycles. The van der Waals surface area contributed by atoms with Gasteiger partial charge in [0, 0.05) is 18.0 Å². The Morgan fingerprint density at radius 3 is 3.00 bits per heavy atom. The molecule has 0 aliphatic carbocycles. The van der Waals surface area contributed by atoms with Crippen molar-refractivity contribution in [2.24, 2.45) is 0 Å². The maximum absolute atomic E-state index is 12.7. The van der Waals surface area contributed by atoms with Crippen LogP contribution in [0.3, 0.4) is 0 Å². The number of carbonyl (C=O) groups excluding carboxylic acids is 2. The number of rotatable bonds is 6. The first-order chi connectivity index (χ1) is 10.2. The number of hydrogen-bond acceptors (Lipinski definition) is 4. The average molecular weight is 309 g/mol. The third-order valence-corrected chi connectivity index (χ3v) is 4.69. The van der Waals surface area contributed by atoms with Gasteiger partial charge in [0.1, 0.15) is 6.04 Å². The summed E-state index contributed by atoms with van der Waals surface area (Å²) >= 11 is 1.76. The Labute approximate surface area is 129 Å². The van der Waals surface area contributed by atoms with Gasteiger partial charge < -0.3 is 15.5 Å². The third kappa shape index (κ3) is 4.04. The standard InChI is InChI=1S/C15H23N3O2S/c1-3-4-12(17-14(19)9-16-2)15(20)18-7-5-13-11(10-18)6-8-21-13/h6,8,12,16H,3-5,7,9-10H2,1-2H3,(H,17,19). The maximum Gasteiger partial charge on any atom is 0.245 e. The number of nitrogens with zero attached hydrogens (tertiary/aromatic N) is 1. The summed E-state index contributed by atoms with van der Waals surface area (Å²) in [5.41, 5.74) is 1.25. The minimum absolute atomic E-state index is 0.0400. The quantitative estimate of drug-likeness (QED) is 0.828. The topological polar surface area (TPSA) is 61.4 Å². The summed E-state index contributed by atoms with van der Waals surface area (Å²) in [6, 6.07) is 1.68. The maximum atomic E-state index is 12.7. The third-order valence-electron chi connectivity index (χ3n) is 3.67. The molecule has 0 radical (unpaired) electrons. The van der Waals surface area contributed by atoms with Crippen molar-refractivity contribution >= 4 is 23.2 Å². The highest BCUT2D eigenvalue weighted by Crippen LogP contribution is 2.24. The van der Waals surface area contributed by atoms with Gasteiger partial charge in [-0.25, -0.2) is 0 Å². The molecule has 1 aromatic rings. The molecule has 1 aliphatic rings.